The molecule has 2 N–H and O–H groups in total. The third-order valence-corrected chi connectivity index (χ3v) is 4.60. The van der Waals surface area contributed by atoms with E-state index < -0.39 is 45.2 Å². The number of rotatable bonds is 8. The van der Waals surface area contributed by atoms with E-state index in [2.05, 4.69) is 4.74 Å². The average Bonchev–Trinajstić information content (AvgIpc) is 2.43. The highest BCUT2D eigenvalue weighted by Gasteiger charge is 2.31. The Hall–Kier alpha value is -1.74. The molecule has 2 atom stereocenters. The number of ether oxygens (including phenoxy) is 1. The van der Waals surface area contributed by atoms with Crippen molar-refractivity contribution in [2.24, 2.45) is 5.92 Å². The SMILES string of the molecule is CC[C@H](C)[C@H](NS(=O)(=O)c1ccccc1OC(F)F)C(=O)O. The molecule has 1 aromatic carbocycles. The lowest BCUT2D eigenvalue weighted by atomic mass is 10.0. The van der Waals surface area contributed by atoms with E-state index in [0.717, 1.165) is 12.1 Å². The molecule has 0 saturated heterocycles. The van der Waals surface area contributed by atoms with Gasteiger partial charge in [-0.25, -0.2) is 8.42 Å². The summed E-state index contributed by atoms with van der Waals surface area (Å²) < 4.78 is 55.4. The zero-order valence-corrected chi connectivity index (χ0v) is 12.8. The van der Waals surface area contributed by atoms with Crippen molar-refractivity contribution in [3.63, 3.8) is 0 Å². The molecule has 0 saturated carbocycles. The van der Waals surface area contributed by atoms with Gasteiger partial charge in [-0.1, -0.05) is 32.4 Å². The second kappa shape index (κ2) is 7.50. The Balaban J connectivity index is 3.16. The third-order valence-electron chi connectivity index (χ3n) is 3.12. The number of carboxylic acids is 1. The van der Waals surface area contributed by atoms with Gasteiger partial charge in [0.1, 0.15) is 16.7 Å². The van der Waals surface area contributed by atoms with Gasteiger partial charge in [-0.3, -0.25) is 4.79 Å². The number of hydrogen-bond donors (Lipinski definition) is 2. The summed E-state index contributed by atoms with van der Waals surface area (Å²) in [6.07, 6.45) is 0.425. The van der Waals surface area contributed by atoms with E-state index in [9.17, 15) is 22.0 Å². The van der Waals surface area contributed by atoms with Crippen molar-refractivity contribution in [3.05, 3.63) is 24.3 Å². The molecule has 0 heterocycles. The summed E-state index contributed by atoms with van der Waals surface area (Å²) in [5, 5.41) is 9.12. The van der Waals surface area contributed by atoms with Gasteiger partial charge in [0.15, 0.2) is 0 Å². The second-order valence-electron chi connectivity index (χ2n) is 4.65. The minimum atomic E-state index is -4.33. The number of carbonyl (C=O) groups is 1. The highest BCUT2D eigenvalue weighted by atomic mass is 32.2. The van der Waals surface area contributed by atoms with Gasteiger partial charge in [0, 0.05) is 0 Å². The van der Waals surface area contributed by atoms with E-state index in [1.165, 1.54) is 12.1 Å². The van der Waals surface area contributed by atoms with E-state index in [-0.39, 0.29) is 0 Å². The van der Waals surface area contributed by atoms with Gasteiger partial charge in [0.05, 0.1) is 0 Å². The molecule has 0 aliphatic carbocycles. The number of halogens is 2. The Morgan fingerprint density at radius 1 is 1.36 bits per heavy atom. The highest BCUT2D eigenvalue weighted by molar-refractivity contribution is 7.89. The molecule has 0 spiro atoms. The molecule has 0 unspecified atom stereocenters. The summed E-state index contributed by atoms with van der Waals surface area (Å²) >= 11 is 0. The number of carboxylic acid groups (broad SMARTS) is 1. The second-order valence-corrected chi connectivity index (χ2v) is 6.33. The Bertz CT molecular complexity index is 621. The molecule has 124 valence electrons. The van der Waals surface area contributed by atoms with Crippen LogP contribution in [0.4, 0.5) is 8.78 Å². The average molecular weight is 337 g/mol. The molecule has 0 radical (unpaired) electrons. The van der Waals surface area contributed by atoms with Gasteiger partial charge in [-0.15, -0.1) is 0 Å². The van der Waals surface area contributed by atoms with Crippen LogP contribution >= 0.6 is 0 Å². The lowest BCUT2D eigenvalue weighted by Gasteiger charge is -2.21. The molecule has 0 aliphatic heterocycles. The zero-order chi connectivity index (χ0) is 16.9. The quantitative estimate of drug-likeness (QED) is 0.757. The van der Waals surface area contributed by atoms with Crippen LogP contribution in [-0.2, 0) is 14.8 Å². The number of aliphatic carboxylic acids is 1. The molecule has 0 amide bonds. The van der Waals surface area contributed by atoms with Gasteiger partial charge >= 0.3 is 12.6 Å². The fourth-order valence-corrected chi connectivity index (χ4v) is 3.17. The fraction of sp³-hybridized carbons (Fsp3) is 0.462. The van der Waals surface area contributed by atoms with Crippen LogP contribution in [-0.4, -0.2) is 32.1 Å². The molecule has 0 fully saturated rings. The van der Waals surface area contributed by atoms with Crippen molar-refractivity contribution in [1.29, 1.82) is 0 Å². The van der Waals surface area contributed by atoms with E-state index in [4.69, 9.17) is 5.11 Å². The first-order valence-electron chi connectivity index (χ1n) is 6.48. The molecule has 0 aliphatic rings. The molecule has 22 heavy (non-hydrogen) atoms. The molecule has 9 heteroatoms. The topological polar surface area (TPSA) is 92.7 Å². The van der Waals surface area contributed by atoms with Crippen molar-refractivity contribution in [3.8, 4) is 5.75 Å². The largest absolute Gasteiger partial charge is 0.480 e. The lowest BCUT2D eigenvalue weighted by molar-refractivity contribution is -0.140. The third kappa shape index (κ3) is 4.63. The zero-order valence-electron chi connectivity index (χ0n) is 12.0. The van der Waals surface area contributed by atoms with E-state index in [1.807, 2.05) is 4.72 Å². The normalized spacial score (nSPS) is 14.6. The Morgan fingerprint density at radius 3 is 2.45 bits per heavy atom. The molecular weight excluding hydrogens is 320 g/mol. The summed E-state index contributed by atoms with van der Waals surface area (Å²) in [4.78, 5) is 10.7. The van der Waals surface area contributed by atoms with Crippen LogP contribution in [0.1, 0.15) is 20.3 Å². The Kier molecular flexibility index (Phi) is 6.24. The monoisotopic (exact) mass is 337 g/mol. The molecule has 6 nitrogen and oxygen atoms in total. The van der Waals surface area contributed by atoms with Crippen molar-refractivity contribution in [2.45, 2.75) is 37.8 Å². The minimum absolute atomic E-state index is 0.425. The molecular formula is C13H17F2NO5S. The molecule has 1 aromatic rings. The van der Waals surface area contributed by atoms with E-state index in [1.54, 1.807) is 13.8 Å². The summed E-state index contributed by atoms with van der Waals surface area (Å²) in [5.41, 5.74) is 0. The number of alkyl halides is 2. The highest BCUT2D eigenvalue weighted by Crippen LogP contribution is 2.25. The van der Waals surface area contributed by atoms with Crippen LogP contribution in [0.5, 0.6) is 5.75 Å². The predicted molar refractivity (Wildman–Crippen MR) is 74.3 cm³/mol. The van der Waals surface area contributed by atoms with Crippen LogP contribution in [0.3, 0.4) is 0 Å². The van der Waals surface area contributed by atoms with Crippen molar-refractivity contribution in [1.82, 2.24) is 4.72 Å². The number of nitrogens with one attached hydrogen (secondary N) is 1. The number of benzene rings is 1. The van der Waals surface area contributed by atoms with Crippen LogP contribution in [0.2, 0.25) is 0 Å². The maximum atomic E-state index is 12.3. The molecule has 0 bridgehead atoms. The standard InChI is InChI=1S/C13H17F2NO5S/c1-3-8(2)11(12(17)18)16-22(19,20)10-7-5-4-6-9(10)21-13(14)15/h4-8,11,13,16H,3H2,1-2H3,(H,17,18)/t8-,11-/m0/s1. The molecule has 0 aromatic heterocycles. The maximum Gasteiger partial charge on any atom is 0.387 e. The maximum absolute atomic E-state index is 12.3. The van der Waals surface area contributed by atoms with Gasteiger partial charge in [0.2, 0.25) is 10.0 Å². The fourth-order valence-electron chi connectivity index (χ4n) is 1.74. The van der Waals surface area contributed by atoms with Crippen molar-refractivity contribution >= 4 is 16.0 Å². The van der Waals surface area contributed by atoms with Crippen LogP contribution in [0, 0.1) is 5.92 Å². The van der Waals surface area contributed by atoms with Gasteiger partial charge in [-0.05, 0) is 18.1 Å². The van der Waals surface area contributed by atoms with E-state index in [0.29, 0.717) is 6.42 Å². The molecule has 1 rings (SSSR count). The summed E-state index contributed by atoms with van der Waals surface area (Å²) in [6.45, 7) is 0.0900. The van der Waals surface area contributed by atoms with Crippen molar-refractivity contribution < 1.29 is 31.8 Å². The van der Waals surface area contributed by atoms with Gasteiger partial charge in [0.25, 0.3) is 0 Å². The summed E-state index contributed by atoms with van der Waals surface area (Å²) in [5.74, 6) is -2.36. The first-order chi connectivity index (χ1) is 10.2. The summed E-state index contributed by atoms with van der Waals surface area (Å²) in [6, 6.07) is 3.43. The van der Waals surface area contributed by atoms with Crippen molar-refractivity contribution in [2.75, 3.05) is 0 Å². The predicted octanol–water partition coefficient (Wildman–Crippen LogP) is 2.07. The first kappa shape index (κ1) is 18.3. The van der Waals surface area contributed by atoms with Crippen LogP contribution in [0.15, 0.2) is 29.2 Å². The number of hydrogen-bond acceptors (Lipinski definition) is 4. The lowest BCUT2D eigenvalue weighted by Crippen LogP contribution is -2.45. The summed E-state index contributed by atoms with van der Waals surface area (Å²) in [7, 11) is -4.33. The number of para-hydroxylation sites is 1. The van der Waals surface area contributed by atoms with Gasteiger partial charge < -0.3 is 9.84 Å². The van der Waals surface area contributed by atoms with E-state index >= 15 is 0 Å². The minimum Gasteiger partial charge on any atom is -0.480 e. The number of sulfonamides is 1. The van der Waals surface area contributed by atoms with Crippen LogP contribution < -0.4 is 9.46 Å². The Morgan fingerprint density at radius 2 is 1.95 bits per heavy atom. The smallest absolute Gasteiger partial charge is 0.387 e. The van der Waals surface area contributed by atoms with Gasteiger partial charge in [-0.2, -0.15) is 13.5 Å². The van der Waals surface area contributed by atoms with Crippen LogP contribution in [0.25, 0.3) is 0 Å². The Labute approximate surface area is 127 Å². The first-order valence-corrected chi connectivity index (χ1v) is 7.96.